The highest BCUT2D eigenvalue weighted by Gasteiger charge is 2.43. The zero-order valence-corrected chi connectivity index (χ0v) is 20.2. The molecule has 1 aliphatic carbocycles. The van der Waals surface area contributed by atoms with E-state index in [1.165, 1.54) is 12.3 Å². The van der Waals surface area contributed by atoms with E-state index in [0.29, 0.717) is 30.5 Å². The molecule has 1 saturated heterocycles. The molecule has 6 nitrogen and oxygen atoms in total. The van der Waals surface area contributed by atoms with Crippen molar-refractivity contribution in [1.82, 2.24) is 4.98 Å². The van der Waals surface area contributed by atoms with Crippen molar-refractivity contribution in [2.24, 2.45) is 0 Å². The summed E-state index contributed by atoms with van der Waals surface area (Å²) in [7, 11) is -7.31. The molecule has 0 bridgehead atoms. The second-order valence-corrected chi connectivity index (χ2v) is 13.5. The fourth-order valence-corrected chi connectivity index (χ4v) is 8.13. The van der Waals surface area contributed by atoms with E-state index in [-0.39, 0.29) is 36.0 Å². The van der Waals surface area contributed by atoms with E-state index >= 15 is 0 Å². The number of hydrogen-bond donors (Lipinski definition) is 0. The summed E-state index contributed by atoms with van der Waals surface area (Å²) >= 11 is 0. The van der Waals surface area contributed by atoms with Crippen LogP contribution < -0.4 is 0 Å². The van der Waals surface area contributed by atoms with Gasteiger partial charge in [-0.3, -0.25) is 4.98 Å². The van der Waals surface area contributed by atoms with Crippen molar-refractivity contribution in [2.45, 2.75) is 67.6 Å². The van der Waals surface area contributed by atoms with Crippen LogP contribution >= 0.6 is 0 Å². The van der Waals surface area contributed by atoms with Gasteiger partial charge in [-0.2, -0.15) is 13.2 Å². The molecule has 0 N–H and O–H groups in total. The summed E-state index contributed by atoms with van der Waals surface area (Å²) in [6, 6.07) is 6.53. The lowest BCUT2D eigenvalue weighted by atomic mass is 10.0. The van der Waals surface area contributed by atoms with Crippen LogP contribution in [0.1, 0.15) is 43.4 Å². The minimum atomic E-state index is -4.84. The molecule has 0 radical (unpaired) electrons. The Balaban J connectivity index is 1.56. The van der Waals surface area contributed by atoms with Crippen LogP contribution in [0.3, 0.4) is 0 Å². The van der Waals surface area contributed by atoms with Gasteiger partial charge in [0, 0.05) is 11.9 Å². The molecule has 1 saturated carbocycles. The second kappa shape index (κ2) is 9.23. The van der Waals surface area contributed by atoms with E-state index < -0.39 is 47.7 Å². The Kier molecular flexibility index (Phi) is 6.82. The molecule has 11 heteroatoms. The number of rotatable bonds is 5. The van der Waals surface area contributed by atoms with Crippen molar-refractivity contribution in [2.75, 3.05) is 11.5 Å². The Hall–Kier alpha value is -1.98. The van der Waals surface area contributed by atoms with Crippen LogP contribution in [-0.2, 0) is 30.6 Å². The standard InChI is InChI=1S/C23H26F3NO5S2/c1-15-12-17(6-9-27-15)16-2-5-22(21(13-16)23(24,25)26)34(30,31)20-4-3-19(14-20)32-18-7-10-33(28,29)11-8-18/h2,5-6,9,12-13,18-20H,3-4,7-8,10-11,14H2,1H3/t19-,20-/m1/s1. The predicted octanol–water partition coefficient (Wildman–Crippen LogP) is 4.36. The fourth-order valence-electron chi connectivity index (χ4n) is 4.67. The summed E-state index contributed by atoms with van der Waals surface area (Å²) < 4.78 is 97.5. The van der Waals surface area contributed by atoms with Gasteiger partial charge < -0.3 is 4.74 Å². The molecule has 34 heavy (non-hydrogen) atoms. The number of hydrogen-bond acceptors (Lipinski definition) is 6. The van der Waals surface area contributed by atoms with Crippen LogP contribution in [0.15, 0.2) is 41.4 Å². The SMILES string of the molecule is Cc1cc(-c2ccc(S(=O)(=O)[C@@H]3CC[C@@H](OC4CCS(=O)(=O)CC4)C3)c(C(F)(F)F)c2)ccn1. The summed E-state index contributed by atoms with van der Waals surface area (Å²) in [5, 5.41) is -0.986. The van der Waals surface area contributed by atoms with Gasteiger partial charge in [0.2, 0.25) is 0 Å². The summed E-state index contributed by atoms with van der Waals surface area (Å²) in [5.74, 6) is 0.0643. The van der Waals surface area contributed by atoms with Gasteiger partial charge in [-0.25, -0.2) is 16.8 Å². The fraction of sp³-hybridized carbons (Fsp3) is 0.522. The minimum absolute atomic E-state index is 0.0321. The molecule has 0 unspecified atom stereocenters. The Labute approximate surface area is 197 Å². The molecule has 0 amide bonds. The van der Waals surface area contributed by atoms with Gasteiger partial charge in [-0.1, -0.05) is 6.07 Å². The smallest absolute Gasteiger partial charge is 0.375 e. The first-order valence-corrected chi connectivity index (χ1v) is 14.5. The number of aryl methyl sites for hydroxylation is 1. The van der Waals surface area contributed by atoms with E-state index in [4.69, 9.17) is 4.74 Å². The minimum Gasteiger partial charge on any atom is -0.375 e. The monoisotopic (exact) mass is 517 g/mol. The van der Waals surface area contributed by atoms with Crippen molar-refractivity contribution >= 4 is 19.7 Å². The van der Waals surface area contributed by atoms with Crippen molar-refractivity contribution in [3.05, 3.63) is 47.8 Å². The maximum absolute atomic E-state index is 13.9. The third-order valence-corrected chi connectivity index (χ3v) is 10.5. The molecular weight excluding hydrogens is 491 g/mol. The highest BCUT2D eigenvalue weighted by atomic mass is 32.2. The number of benzene rings is 1. The maximum Gasteiger partial charge on any atom is 0.417 e. The van der Waals surface area contributed by atoms with Crippen LogP contribution in [0, 0.1) is 6.92 Å². The largest absolute Gasteiger partial charge is 0.417 e. The average Bonchev–Trinajstić information content (AvgIpc) is 3.24. The second-order valence-electron chi connectivity index (χ2n) is 8.98. The molecule has 2 aromatic rings. The Bertz CT molecular complexity index is 1260. The van der Waals surface area contributed by atoms with Crippen LogP contribution in [0.5, 0.6) is 0 Å². The average molecular weight is 518 g/mol. The van der Waals surface area contributed by atoms with Crippen molar-refractivity contribution in [3.63, 3.8) is 0 Å². The van der Waals surface area contributed by atoms with Gasteiger partial charge in [0.05, 0.1) is 39.4 Å². The van der Waals surface area contributed by atoms with E-state index in [1.54, 1.807) is 19.1 Å². The lowest BCUT2D eigenvalue weighted by molar-refractivity contribution is -0.139. The molecule has 2 aliphatic rings. The van der Waals surface area contributed by atoms with Gasteiger partial charge in [0.15, 0.2) is 19.7 Å². The maximum atomic E-state index is 13.9. The third kappa shape index (κ3) is 5.46. The van der Waals surface area contributed by atoms with Crippen LogP contribution in [0.25, 0.3) is 11.1 Å². The van der Waals surface area contributed by atoms with Crippen LogP contribution in [0.4, 0.5) is 13.2 Å². The lowest BCUT2D eigenvalue weighted by Gasteiger charge is -2.25. The zero-order chi connectivity index (χ0) is 24.7. The number of alkyl halides is 3. The highest BCUT2D eigenvalue weighted by molar-refractivity contribution is 7.92. The van der Waals surface area contributed by atoms with Crippen molar-refractivity contribution in [1.29, 1.82) is 0 Å². The van der Waals surface area contributed by atoms with E-state index in [2.05, 4.69) is 4.98 Å². The number of sulfone groups is 2. The van der Waals surface area contributed by atoms with Crippen molar-refractivity contribution in [3.8, 4) is 11.1 Å². The summed E-state index contributed by atoms with van der Waals surface area (Å²) in [5.41, 5.74) is 0.235. The topological polar surface area (TPSA) is 90.4 Å². The first-order valence-electron chi connectivity index (χ1n) is 11.1. The molecule has 2 atom stereocenters. The number of halogens is 3. The number of pyridine rings is 1. The normalized spacial score (nSPS) is 23.8. The summed E-state index contributed by atoms with van der Waals surface area (Å²) in [4.78, 5) is 3.32. The Morgan fingerprint density at radius 2 is 1.65 bits per heavy atom. The first-order chi connectivity index (χ1) is 15.8. The van der Waals surface area contributed by atoms with Gasteiger partial charge in [-0.15, -0.1) is 0 Å². The molecule has 186 valence electrons. The van der Waals surface area contributed by atoms with E-state index in [1.807, 2.05) is 0 Å². The molecular formula is C23H26F3NO5S2. The van der Waals surface area contributed by atoms with Gasteiger partial charge >= 0.3 is 6.18 Å². The molecule has 2 fully saturated rings. The Morgan fingerprint density at radius 3 is 2.29 bits per heavy atom. The number of nitrogens with zero attached hydrogens (tertiary/aromatic N) is 1. The zero-order valence-electron chi connectivity index (χ0n) is 18.6. The molecule has 0 spiro atoms. The number of ether oxygens (including phenoxy) is 1. The van der Waals surface area contributed by atoms with Crippen LogP contribution in [0.2, 0.25) is 0 Å². The molecule has 4 rings (SSSR count). The Morgan fingerprint density at radius 1 is 0.971 bits per heavy atom. The molecule has 1 aliphatic heterocycles. The molecule has 2 heterocycles. The summed E-state index contributed by atoms with van der Waals surface area (Å²) in [6.07, 6.45) is -2.65. The van der Waals surface area contributed by atoms with E-state index in [0.717, 1.165) is 12.1 Å². The first kappa shape index (κ1) is 25.1. The molecule has 1 aromatic carbocycles. The third-order valence-electron chi connectivity index (χ3n) is 6.48. The lowest BCUT2D eigenvalue weighted by Crippen LogP contribution is -2.31. The predicted molar refractivity (Wildman–Crippen MR) is 121 cm³/mol. The summed E-state index contributed by atoms with van der Waals surface area (Å²) in [6.45, 7) is 1.72. The number of aromatic nitrogens is 1. The highest BCUT2D eigenvalue weighted by Crippen LogP contribution is 2.41. The van der Waals surface area contributed by atoms with Gasteiger partial charge in [0.25, 0.3) is 0 Å². The quantitative estimate of drug-likeness (QED) is 0.585. The van der Waals surface area contributed by atoms with Gasteiger partial charge in [0.1, 0.15) is 0 Å². The van der Waals surface area contributed by atoms with Gasteiger partial charge in [-0.05, 0) is 74.4 Å². The van der Waals surface area contributed by atoms with E-state index in [9.17, 15) is 30.0 Å². The van der Waals surface area contributed by atoms with Crippen molar-refractivity contribution < 1.29 is 34.7 Å². The molecule has 1 aromatic heterocycles. The van der Waals surface area contributed by atoms with Crippen LogP contribution in [-0.4, -0.2) is 50.8 Å².